The van der Waals surface area contributed by atoms with Crippen LogP contribution in [0.15, 0.2) is 24.4 Å². The lowest BCUT2D eigenvalue weighted by atomic mass is 10.1. The van der Waals surface area contributed by atoms with E-state index in [0.717, 1.165) is 19.3 Å². The molecule has 12 heavy (non-hydrogen) atoms. The molecule has 1 aliphatic rings. The molecule has 1 aliphatic carbocycles. The van der Waals surface area contributed by atoms with Gasteiger partial charge in [-0.15, -0.1) is 0 Å². The first kappa shape index (κ1) is 7.53. The first-order valence-electron chi connectivity index (χ1n) is 4.45. The summed E-state index contributed by atoms with van der Waals surface area (Å²) in [4.78, 5) is 4.43. The van der Waals surface area contributed by atoms with Crippen molar-refractivity contribution in [3.05, 3.63) is 41.2 Å². The first-order valence-corrected chi connectivity index (χ1v) is 4.45. The fourth-order valence-corrected chi connectivity index (χ4v) is 1.61. The zero-order chi connectivity index (χ0) is 8.39. The molecule has 1 aromatic rings. The van der Waals surface area contributed by atoms with Gasteiger partial charge in [0.25, 0.3) is 0 Å². The molecule has 1 heterocycles. The Morgan fingerprint density at radius 2 is 2.25 bits per heavy atom. The summed E-state index contributed by atoms with van der Waals surface area (Å²) in [6, 6.07) is 2.26. The standard InChI is InChI=1S/C11H13N/c1-9-7-10-5-3-2-4-6-11(10)12-8-9/h2,4,7-8H,3,5-6H2,1H3. The number of hydrogen-bond acceptors (Lipinski definition) is 1. The summed E-state index contributed by atoms with van der Waals surface area (Å²) in [7, 11) is 0. The number of rotatable bonds is 0. The maximum Gasteiger partial charge on any atom is 0.0473 e. The molecule has 0 saturated heterocycles. The van der Waals surface area contributed by atoms with Crippen molar-refractivity contribution >= 4 is 0 Å². The monoisotopic (exact) mass is 159 g/mol. The molecular weight excluding hydrogens is 146 g/mol. The zero-order valence-corrected chi connectivity index (χ0v) is 7.38. The van der Waals surface area contributed by atoms with Crippen LogP contribution in [0.1, 0.15) is 23.2 Å². The highest BCUT2D eigenvalue weighted by Crippen LogP contribution is 2.15. The number of aromatic nitrogens is 1. The average molecular weight is 159 g/mol. The van der Waals surface area contributed by atoms with Crippen molar-refractivity contribution in [1.29, 1.82) is 0 Å². The molecule has 0 saturated carbocycles. The highest BCUT2D eigenvalue weighted by atomic mass is 14.7. The summed E-state index contributed by atoms with van der Waals surface area (Å²) >= 11 is 0. The number of hydrogen-bond donors (Lipinski definition) is 0. The van der Waals surface area contributed by atoms with Crippen molar-refractivity contribution in [2.75, 3.05) is 0 Å². The third-order valence-corrected chi connectivity index (χ3v) is 2.25. The molecule has 0 atom stereocenters. The van der Waals surface area contributed by atoms with Gasteiger partial charge in [0.1, 0.15) is 0 Å². The van der Waals surface area contributed by atoms with E-state index in [1.165, 1.54) is 16.8 Å². The van der Waals surface area contributed by atoms with Crippen LogP contribution >= 0.6 is 0 Å². The summed E-state index contributed by atoms with van der Waals surface area (Å²) < 4.78 is 0. The van der Waals surface area contributed by atoms with Crippen LogP contribution in [0.4, 0.5) is 0 Å². The Morgan fingerprint density at radius 3 is 3.17 bits per heavy atom. The predicted octanol–water partition coefficient (Wildman–Crippen LogP) is 2.43. The quantitative estimate of drug-likeness (QED) is 0.530. The van der Waals surface area contributed by atoms with E-state index in [4.69, 9.17) is 0 Å². The largest absolute Gasteiger partial charge is 0.260 e. The molecular formula is C11H13N. The van der Waals surface area contributed by atoms with Gasteiger partial charge in [-0.05, 0) is 30.9 Å². The Bertz CT molecular complexity index is 313. The predicted molar refractivity (Wildman–Crippen MR) is 50.1 cm³/mol. The van der Waals surface area contributed by atoms with E-state index in [9.17, 15) is 0 Å². The van der Waals surface area contributed by atoms with Crippen LogP contribution in [0.5, 0.6) is 0 Å². The minimum Gasteiger partial charge on any atom is -0.260 e. The molecule has 0 spiro atoms. The molecule has 0 N–H and O–H groups in total. The minimum atomic E-state index is 1.01. The molecule has 1 aromatic heterocycles. The smallest absolute Gasteiger partial charge is 0.0473 e. The van der Waals surface area contributed by atoms with Gasteiger partial charge in [0.15, 0.2) is 0 Å². The Morgan fingerprint density at radius 1 is 1.33 bits per heavy atom. The summed E-state index contributed by atoms with van der Waals surface area (Å²) in [5, 5.41) is 0. The highest BCUT2D eigenvalue weighted by molar-refractivity contribution is 5.28. The fourth-order valence-electron chi connectivity index (χ4n) is 1.61. The maximum absolute atomic E-state index is 4.43. The van der Waals surface area contributed by atoms with E-state index in [-0.39, 0.29) is 0 Å². The second kappa shape index (κ2) is 3.10. The van der Waals surface area contributed by atoms with Crippen LogP contribution in [0.2, 0.25) is 0 Å². The number of pyridine rings is 1. The van der Waals surface area contributed by atoms with Gasteiger partial charge < -0.3 is 0 Å². The lowest BCUT2D eigenvalue weighted by Crippen LogP contribution is -1.95. The van der Waals surface area contributed by atoms with Gasteiger partial charge >= 0.3 is 0 Å². The van der Waals surface area contributed by atoms with E-state index < -0.39 is 0 Å². The highest BCUT2D eigenvalue weighted by Gasteiger charge is 2.04. The molecule has 0 aromatic carbocycles. The third-order valence-electron chi connectivity index (χ3n) is 2.25. The SMILES string of the molecule is Cc1cnc2c(c1)CCC=CC2. The molecule has 0 fully saturated rings. The molecule has 1 nitrogen and oxygen atoms in total. The van der Waals surface area contributed by atoms with E-state index >= 15 is 0 Å². The van der Waals surface area contributed by atoms with Crippen molar-refractivity contribution in [3.63, 3.8) is 0 Å². The van der Waals surface area contributed by atoms with Crippen LogP contribution < -0.4 is 0 Å². The normalized spacial score (nSPS) is 15.4. The van der Waals surface area contributed by atoms with Crippen molar-refractivity contribution < 1.29 is 0 Å². The molecule has 2 rings (SSSR count). The van der Waals surface area contributed by atoms with Gasteiger partial charge in [-0.2, -0.15) is 0 Å². The molecule has 0 unspecified atom stereocenters. The maximum atomic E-state index is 4.43. The van der Waals surface area contributed by atoms with Crippen molar-refractivity contribution in [3.8, 4) is 0 Å². The lowest BCUT2D eigenvalue weighted by molar-refractivity contribution is 0.964. The Kier molecular flexibility index (Phi) is 1.94. The van der Waals surface area contributed by atoms with E-state index in [2.05, 4.69) is 30.1 Å². The zero-order valence-electron chi connectivity index (χ0n) is 7.38. The fraction of sp³-hybridized carbons (Fsp3) is 0.364. The second-order valence-electron chi connectivity index (χ2n) is 3.33. The molecule has 0 aliphatic heterocycles. The third kappa shape index (κ3) is 1.40. The molecule has 0 radical (unpaired) electrons. The molecule has 0 amide bonds. The van der Waals surface area contributed by atoms with E-state index in [0.29, 0.717) is 0 Å². The van der Waals surface area contributed by atoms with Crippen LogP contribution in [-0.4, -0.2) is 4.98 Å². The number of allylic oxidation sites excluding steroid dienone is 2. The van der Waals surface area contributed by atoms with Crippen molar-refractivity contribution in [1.82, 2.24) is 4.98 Å². The van der Waals surface area contributed by atoms with Crippen molar-refractivity contribution in [2.45, 2.75) is 26.2 Å². The second-order valence-corrected chi connectivity index (χ2v) is 3.33. The van der Waals surface area contributed by atoms with Crippen LogP contribution in [0, 0.1) is 6.92 Å². The Hall–Kier alpha value is -1.11. The summed E-state index contributed by atoms with van der Waals surface area (Å²) in [5.74, 6) is 0. The molecule has 62 valence electrons. The molecule has 0 bridgehead atoms. The lowest BCUT2D eigenvalue weighted by Gasteiger charge is -2.04. The first-order chi connectivity index (χ1) is 5.86. The molecule has 1 heteroatoms. The van der Waals surface area contributed by atoms with Crippen LogP contribution in [0.25, 0.3) is 0 Å². The van der Waals surface area contributed by atoms with Gasteiger partial charge in [-0.3, -0.25) is 4.98 Å². The minimum absolute atomic E-state index is 1.01. The van der Waals surface area contributed by atoms with Crippen LogP contribution in [-0.2, 0) is 12.8 Å². The van der Waals surface area contributed by atoms with E-state index in [1.54, 1.807) is 0 Å². The van der Waals surface area contributed by atoms with Gasteiger partial charge in [-0.1, -0.05) is 18.2 Å². The van der Waals surface area contributed by atoms with Crippen LogP contribution in [0.3, 0.4) is 0 Å². The Labute approximate surface area is 73.1 Å². The van der Waals surface area contributed by atoms with Gasteiger partial charge in [-0.25, -0.2) is 0 Å². The number of aryl methyl sites for hydroxylation is 2. The number of nitrogens with zero attached hydrogens (tertiary/aromatic N) is 1. The average Bonchev–Trinajstić information content (AvgIpc) is 2.28. The van der Waals surface area contributed by atoms with Gasteiger partial charge in [0, 0.05) is 18.3 Å². The summed E-state index contributed by atoms with van der Waals surface area (Å²) in [6.45, 7) is 2.10. The van der Waals surface area contributed by atoms with Gasteiger partial charge in [0.05, 0.1) is 0 Å². The summed E-state index contributed by atoms with van der Waals surface area (Å²) in [6.07, 6.45) is 9.75. The van der Waals surface area contributed by atoms with Crippen molar-refractivity contribution in [2.24, 2.45) is 0 Å². The van der Waals surface area contributed by atoms with E-state index in [1.807, 2.05) is 6.20 Å². The topological polar surface area (TPSA) is 12.9 Å². The number of fused-ring (bicyclic) bond motifs is 1. The van der Waals surface area contributed by atoms with Gasteiger partial charge in [0.2, 0.25) is 0 Å². The Balaban J connectivity index is 2.42. The summed E-state index contributed by atoms with van der Waals surface area (Å²) in [5.41, 5.74) is 3.96.